The van der Waals surface area contributed by atoms with Crippen molar-refractivity contribution in [1.29, 1.82) is 0 Å². The van der Waals surface area contributed by atoms with E-state index in [1.807, 2.05) is 0 Å². The third-order valence-corrected chi connectivity index (χ3v) is 3.61. The van der Waals surface area contributed by atoms with Crippen LogP contribution in [0.3, 0.4) is 0 Å². The predicted molar refractivity (Wildman–Crippen MR) is 79.9 cm³/mol. The average Bonchev–Trinajstić information content (AvgIpc) is 2.35. The second-order valence-electron chi connectivity index (χ2n) is 4.75. The smallest absolute Gasteiger partial charge is 0.127 e. The van der Waals surface area contributed by atoms with Gasteiger partial charge in [0.25, 0.3) is 0 Å². The fourth-order valence-electron chi connectivity index (χ4n) is 2.23. The lowest BCUT2D eigenvalue weighted by Gasteiger charge is -2.34. The summed E-state index contributed by atoms with van der Waals surface area (Å²) in [6.07, 6.45) is 0. The van der Waals surface area contributed by atoms with E-state index in [4.69, 9.17) is 29.6 Å². The van der Waals surface area contributed by atoms with Crippen LogP contribution in [0.2, 0.25) is 5.02 Å². The molecule has 0 bridgehead atoms. The van der Waals surface area contributed by atoms with Crippen molar-refractivity contribution in [1.82, 2.24) is 9.80 Å². The fraction of sp³-hybridized carbons (Fsp3) is 0.462. The summed E-state index contributed by atoms with van der Waals surface area (Å²) in [6.45, 7) is 4.82. The van der Waals surface area contributed by atoms with Crippen LogP contribution < -0.4 is 5.73 Å². The van der Waals surface area contributed by atoms with E-state index in [9.17, 15) is 4.39 Å². The maximum Gasteiger partial charge on any atom is 0.127 e. The number of halogens is 2. The Hall–Kier alpha value is -0.750. The highest BCUT2D eigenvalue weighted by Gasteiger charge is 2.18. The number of nitrogens with zero attached hydrogens (tertiary/aromatic N) is 2. The number of benzene rings is 1. The molecule has 1 heterocycles. The van der Waals surface area contributed by atoms with Gasteiger partial charge < -0.3 is 5.73 Å². The monoisotopic (exact) mass is 301 g/mol. The molecule has 0 radical (unpaired) electrons. The van der Waals surface area contributed by atoms with E-state index in [0.29, 0.717) is 28.7 Å². The third-order valence-electron chi connectivity index (χ3n) is 3.25. The van der Waals surface area contributed by atoms with Gasteiger partial charge in [-0.05, 0) is 18.2 Å². The minimum atomic E-state index is -0.199. The molecule has 1 aliphatic rings. The molecule has 0 unspecified atom stereocenters. The van der Waals surface area contributed by atoms with Crippen LogP contribution in [0.5, 0.6) is 0 Å². The number of rotatable bonds is 4. The topological polar surface area (TPSA) is 32.5 Å². The number of thiocarbonyl (C=S) groups is 1. The van der Waals surface area contributed by atoms with Crippen molar-refractivity contribution in [3.63, 3.8) is 0 Å². The minimum absolute atomic E-state index is 0.199. The second-order valence-corrected chi connectivity index (χ2v) is 5.72. The SMILES string of the molecule is NC(=S)CN1CCN(Cc2cc(Cl)ccc2F)CC1. The van der Waals surface area contributed by atoms with Crippen molar-refractivity contribution in [3.8, 4) is 0 Å². The summed E-state index contributed by atoms with van der Waals surface area (Å²) in [7, 11) is 0. The molecule has 0 aliphatic carbocycles. The Kier molecular flexibility index (Phi) is 5.10. The maximum absolute atomic E-state index is 13.6. The molecule has 1 fully saturated rings. The zero-order valence-electron chi connectivity index (χ0n) is 10.6. The molecule has 6 heteroatoms. The lowest BCUT2D eigenvalue weighted by atomic mass is 10.2. The van der Waals surface area contributed by atoms with Crippen LogP contribution in [-0.2, 0) is 6.54 Å². The molecule has 1 aromatic rings. The molecule has 1 aliphatic heterocycles. The summed E-state index contributed by atoms with van der Waals surface area (Å²) < 4.78 is 13.6. The van der Waals surface area contributed by atoms with E-state index in [1.54, 1.807) is 12.1 Å². The van der Waals surface area contributed by atoms with Crippen molar-refractivity contribution < 1.29 is 4.39 Å². The van der Waals surface area contributed by atoms with Gasteiger partial charge in [-0.3, -0.25) is 9.80 Å². The normalized spacial score (nSPS) is 17.6. The molecule has 0 amide bonds. The zero-order chi connectivity index (χ0) is 13.8. The fourth-order valence-corrected chi connectivity index (χ4v) is 2.61. The van der Waals surface area contributed by atoms with E-state index in [0.717, 1.165) is 26.2 Å². The molecular weight excluding hydrogens is 285 g/mol. The van der Waals surface area contributed by atoms with Gasteiger partial charge in [0.1, 0.15) is 5.82 Å². The number of nitrogens with two attached hydrogens (primary N) is 1. The maximum atomic E-state index is 13.6. The molecule has 1 aromatic carbocycles. The van der Waals surface area contributed by atoms with Gasteiger partial charge in [0, 0.05) is 49.9 Å². The van der Waals surface area contributed by atoms with Crippen molar-refractivity contribution >= 4 is 28.8 Å². The lowest BCUT2D eigenvalue weighted by Crippen LogP contribution is -2.48. The van der Waals surface area contributed by atoms with Crippen molar-refractivity contribution in [3.05, 3.63) is 34.6 Å². The molecule has 0 spiro atoms. The zero-order valence-corrected chi connectivity index (χ0v) is 12.2. The second kappa shape index (κ2) is 6.61. The Balaban J connectivity index is 1.88. The van der Waals surface area contributed by atoms with E-state index in [2.05, 4.69) is 9.80 Å². The molecule has 2 N–H and O–H groups in total. The van der Waals surface area contributed by atoms with Crippen molar-refractivity contribution in [2.75, 3.05) is 32.7 Å². The van der Waals surface area contributed by atoms with Crippen molar-refractivity contribution in [2.24, 2.45) is 5.73 Å². The Bertz CT molecular complexity index is 461. The van der Waals surface area contributed by atoms with Crippen LogP contribution in [0.1, 0.15) is 5.56 Å². The number of piperazine rings is 1. The number of hydrogen-bond acceptors (Lipinski definition) is 3. The molecule has 2 rings (SSSR count). The Morgan fingerprint density at radius 3 is 2.53 bits per heavy atom. The first kappa shape index (κ1) is 14.7. The van der Waals surface area contributed by atoms with Crippen LogP contribution in [0.15, 0.2) is 18.2 Å². The Morgan fingerprint density at radius 2 is 1.89 bits per heavy atom. The van der Waals surface area contributed by atoms with Gasteiger partial charge in [-0.15, -0.1) is 0 Å². The largest absolute Gasteiger partial charge is 0.392 e. The van der Waals surface area contributed by atoms with Gasteiger partial charge >= 0.3 is 0 Å². The van der Waals surface area contributed by atoms with Crippen LogP contribution >= 0.6 is 23.8 Å². The molecule has 0 atom stereocenters. The first-order chi connectivity index (χ1) is 9.04. The third kappa shape index (κ3) is 4.38. The average molecular weight is 302 g/mol. The van der Waals surface area contributed by atoms with Gasteiger partial charge in [0.05, 0.1) is 4.99 Å². The highest BCUT2D eigenvalue weighted by atomic mass is 35.5. The summed E-state index contributed by atoms with van der Waals surface area (Å²) >= 11 is 10.8. The Morgan fingerprint density at radius 1 is 1.26 bits per heavy atom. The van der Waals surface area contributed by atoms with Gasteiger partial charge in [0.15, 0.2) is 0 Å². The summed E-state index contributed by atoms with van der Waals surface area (Å²) in [4.78, 5) is 4.95. The van der Waals surface area contributed by atoms with E-state index in [1.165, 1.54) is 6.07 Å². The van der Waals surface area contributed by atoms with Crippen LogP contribution in [0.25, 0.3) is 0 Å². The number of hydrogen-bond donors (Lipinski definition) is 1. The standard InChI is InChI=1S/C13H17ClFN3S/c14-11-1-2-12(15)10(7-11)8-17-3-5-18(6-4-17)9-13(16)19/h1-2,7H,3-6,8-9H2,(H2,16,19). The summed E-state index contributed by atoms with van der Waals surface area (Å²) in [6, 6.07) is 4.68. The molecule has 3 nitrogen and oxygen atoms in total. The van der Waals surface area contributed by atoms with Crippen LogP contribution in [0, 0.1) is 5.82 Å². The van der Waals surface area contributed by atoms with Crippen molar-refractivity contribution in [2.45, 2.75) is 6.54 Å². The first-order valence-corrected chi connectivity index (χ1v) is 7.00. The molecule has 19 heavy (non-hydrogen) atoms. The van der Waals surface area contributed by atoms with Gasteiger partial charge in [-0.2, -0.15) is 0 Å². The summed E-state index contributed by atoms with van der Waals surface area (Å²) in [5.74, 6) is -0.199. The molecule has 104 valence electrons. The molecule has 0 aromatic heterocycles. The first-order valence-electron chi connectivity index (χ1n) is 6.21. The quantitative estimate of drug-likeness (QED) is 0.861. The predicted octanol–water partition coefficient (Wildman–Crippen LogP) is 1.88. The summed E-state index contributed by atoms with van der Waals surface area (Å²) in [5.41, 5.74) is 6.18. The van der Waals surface area contributed by atoms with Gasteiger partial charge in [-0.25, -0.2) is 4.39 Å². The van der Waals surface area contributed by atoms with E-state index in [-0.39, 0.29) is 5.82 Å². The lowest BCUT2D eigenvalue weighted by molar-refractivity contribution is 0.139. The molecular formula is C13H17ClFN3S. The van der Waals surface area contributed by atoms with E-state index < -0.39 is 0 Å². The molecule has 1 saturated heterocycles. The minimum Gasteiger partial charge on any atom is -0.392 e. The van der Waals surface area contributed by atoms with Gasteiger partial charge in [0.2, 0.25) is 0 Å². The van der Waals surface area contributed by atoms with Crippen LogP contribution in [0.4, 0.5) is 4.39 Å². The highest BCUT2D eigenvalue weighted by molar-refractivity contribution is 7.80. The van der Waals surface area contributed by atoms with E-state index >= 15 is 0 Å². The highest BCUT2D eigenvalue weighted by Crippen LogP contribution is 2.17. The molecule has 0 saturated carbocycles. The Labute approximate surface area is 123 Å². The van der Waals surface area contributed by atoms with Crippen LogP contribution in [-0.4, -0.2) is 47.5 Å². The summed E-state index contributed by atoms with van der Waals surface area (Å²) in [5, 5.41) is 0.573. The van der Waals surface area contributed by atoms with Gasteiger partial charge in [-0.1, -0.05) is 23.8 Å².